The summed E-state index contributed by atoms with van der Waals surface area (Å²) in [7, 11) is 0. The number of hydrogen-bond acceptors (Lipinski definition) is 8. The molecular weight excluding hydrogens is 342 g/mol. The van der Waals surface area contributed by atoms with E-state index in [0.29, 0.717) is 0 Å². The van der Waals surface area contributed by atoms with Gasteiger partial charge in [0.2, 0.25) is 17.8 Å². The van der Waals surface area contributed by atoms with Gasteiger partial charge in [-0.25, -0.2) is 0 Å². The second-order valence-corrected chi connectivity index (χ2v) is 7.74. The standard InChI is InChI=1S/C19H33N7O/c1-3-8-25(9-4-1)18-21-17(20-7-12-24-13-15-27-16-14-24)22-19(23-18)26-10-5-2-6-11-26/h1-16H2,(H,20,21,22,23). The Hall–Kier alpha value is -1.67. The van der Waals surface area contributed by atoms with Crippen molar-refractivity contribution in [2.75, 3.05) is 80.7 Å². The number of anilines is 3. The molecule has 0 aromatic carbocycles. The second kappa shape index (κ2) is 9.50. The number of ether oxygens (including phenoxy) is 1. The quantitative estimate of drug-likeness (QED) is 0.804. The molecule has 150 valence electrons. The molecular formula is C19H33N7O. The Labute approximate surface area is 162 Å². The Kier molecular flexibility index (Phi) is 6.58. The van der Waals surface area contributed by atoms with Crippen LogP contribution < -0.4 is 15.1 Å². The molecule has 0 radical (unpaired) electrons. The van der Waals surface area contributed by atoms with Gasteiger partial charge >= 0.3 is 0 Å². The Morgan fingerprint density at radius 2 is 1.26 bits per heavy atom. The van der Waals surface area contributed by atoms with Crippen molar-refractivity contribution in [3.8, 4) is 0 Å². The highest BCUT2D eigenvalue weighted by atomic mass is 16.5. The summed E-state index contributed by atoms with van der Waals surface area (Å²) in [6.07, 6.45) is 7.53. The lowest BCUT2D eigenvalue weighted by molar-refractivity contribution is 0.0398. The van der Waals surface area contributed by atoms with Crippen molar-refractivity contribution in [2.45, 2.75) is 38.5 Å². The lowest BCUT2D eigenvalue weighted by Gasteiger charge is -2.30. The Morgan fingerprint density at radius 3 is 1.81 bits per heavy atom. The van der Waals surface area contributed by atoms with Gasteiger partial charge in [-0.05, 0) is 38.5 Å². The van der Waals surface area contributed by atoms with Gasteiger partial charge in [-0.3, -0.25) is 4.90 Å². The molecule has 0 unspecified atom stereocenters. The number of aromatic nitrogens is 3. The monoisotopic (exact) mass is 375 g/mol. The molecule has 0 saturated carbocycles. The van der Waals surface area contributed by atoms with Gasteiger partial charge in [0, 0.05) is 52.4 Å². The molecule has 1 aromatic rings. The van der Waals surface area contributed by atoms with Crippen LogP contribution in [0.3, 0.4) is 0 Å². The molecule has 1 aromatic heterocycles. The zero-order valence-corrected chi connectivity index (χ0v) is 16.4. The summed E-state index contributed by atoms with van der Waals surface area (Å²) in [5, 5.41) is 3.45. The van der Waals surface area contributed by atoms with Crippen LogP contribution in [0.15, 0.2) is 0 Å². The van der Waals surface area contributed by atoms with E-state index in [-0.39, 0.29) is 0 Å². The number of hydrogen-bond donors (Lipinski definition) is 1. The first-order chi connectivity index (χ1) is 13.4. The third-order valence-corrected chi connectivity index (χ3v) is 5.70. The molecule has 8 nitrogen and oxygen atoms in total. The van der Waals surface area contributed by atoms with Gasteiger partial charge in [-0.1, -0.05) is 0 Å². The second-order valence-electron chi connectivity index (χ2n) is 7.74. The summed E-state index contributed by atoms with van der Waals surface area (Å²) in [4.78, 5) is 21.4. The van der Waals surface area contributed by atoms with Gasteiger partial charge in [-0.15, -0.1) is 0 Å². The van der Waals surface area contributed by atoms with Gasteiger partial charge < -0.3 is 19.9 Å². The van der Waals surface area contributed by atoms with Crippen LogP contribution in [0.1, 0.15) is 38.5 Å². The first-order valence-electron chi connectivity index (χ1n) is 10.7. The first kappa shape index (κ1) is 18.7. The number of piperidine rings is 2. The fourth-order valence-electron chi connectivity index (χ4n) is 4.05. The van der Waals surface area contributed by atoms with E-state index in [4.69, 9.17) is 19.7 Å². The van der Waals surface area contributed by atoms with E-state index < -0.39 is 0 Å². The molecule has 3 fully saturated rings. The third-order valence-electron chi connectivity index (χ3n) is 5.70. The van der Waals surface area contributed by atoms with Crippen LogP contribution in [-0.2, 0) is 4.74 Å². The largest absolute Gasteiger partial charge is 0.379 e. The molecule has 4 heterocycles. The Bertz CT molecular complexity index is 545. The lowest BCUT2D eigenvalue weighted by Crippen LogP contribution is -2.39. The van der Waals surface area contributed by atoms with Gasteiger partial charge in [0.05, 0.1) is 13.2 Å². The van der Waals surface area contributed by atoms with E-state index in [0.717, 1.165) is 83.4 Å². The van der Waals surface area contributed by atoms with E-state index >= 15 is 0 Å². The number of nitrogens with one attached hydrogen (secondary N) is 1. The van der Waals surface area contributed by atoms with Crippen molar-refractivity contribution < 1.29 is 4.74 Å². The average Bonchev–Trinajstić information content (AvgIpc) is 2.76. The molecule has 3 saturated heterocycles. The van der Waals surface area contributed by atoms with Crippen LogP contribution in [0.4, 0.5) is 17.8 Å². The highest BCUT2D eigenvalue weighted by Crippen LogP contribution is 2.22. The molecule has 3 aliphatic heterocycles. The zero-order chi connectivity index (χ0) is 18.3. The van der Waals surface area contributed by atoms with Crippen molar-refractivity contribution >= 4 is 17.8 Å². The molecule has 3 aliphatic rings. The summed E-state index contributed by atoms with van der Waals surface area (Å²) >= 11 is 0. The normalized spacial score (nSPS) is 22.1. The molecule has 0 spiro atoms. The molecule has 0 amide bonds. The van der Waals surface area contributed by atoms with Crippen LogP contribution in [0, 0.1) is 0 Å². The van der Waals surface area contributed by atoms with E-state index in [1.54, 1.807) is 0 Å². The van der Waals surface area contributed by atoms with Crippen molar-refractivity contribution in [1.82, 2.24) is 19.9 Å². The van der Waals surface area contributed by atoms with Crippen LogP contribution in [0.5, 0.6) is 0 Å². The summed E-state index contributed by atoms with van der Waals surface area (Å²) in [6, 6.07) is 0. The minimum absolute atomic E-state index is 0.722. The number of morpholine rings is 1. The third kappa shape index (κ3) is 5.19. The van der Waals surface area contributed by atoms with Crippen LogP contribution in [0.2, 0.25) is 0 Å². The first-order valence-corrected chi connectivity index (χ1v) is 10.7. The highest BCUT2D eigenvalue weighted by molar-refractivity contribution is 5.45. The zero-order valence-electron chi connectivity index (χ0n) is 16.4. The smallest absolute Gasteiger partial charge is 0.231 e. The van der Waals surface area contributed by atoms with Crippen LogP contribution >= 0.6 is 0 Å². The summed E-state index contributed by atoms with van der Waals surface area (Å²) in [6.45, 7) is 9.75. The van der Waals surface area contributed by atoms with Gasteiger partial charge in [0.25, 0.3) is 0 Å². The maximum absolute atomic E-state index is 5.42. The maximum Gasteiger partial charge on any atom is 0.231 e. The van der Waals surface area contributed by atoms with Gasteiger partial charge in [0.15, 0.2) is 0 Å². The summed E-state index contributed by atoms with van der Waals surface area (Å²) in [5.41, 5.74) is 0. The van der Waals surface area contributed by atoms with Crippen LogP contribution in [0.25, 0.3) is 0 Å². The Morgan fingerprint density at radius 1 is 0.704 bits per heavy atom. The van der Waals surface area contributed by atoms with Crippen molar-refractivity contribution in [1.29, 1.82) is 0 Å². The number of rotatable bonds is 6. The topological polar surface area (TPSA) is 69.7 Å². The average molecular weight is 376 g/mol. The molecule has 8 heteroatoms. The fraction of sp³-hybridized carbons (Fsp3) is 0.842. The minimum Gasteiger partial charge on any atom is -0.379 e. The van der Waals surface area contributed by atoms with E-state index in [1.807, 2.05) is 0 Å². The summed E-state index contributed by atoms with van der Waals surface area (Å²) < 4.78 is 5.42. The Balaban J connectivity index is 1.44. The molecule has 4 rings (SSSR count). The summed E-state index contributed by atoms with van der Waals surface area (Å²) in [5.74, 6) is 2.41. The maximum atomic E-state index is 5.42. The fourth-order valence-corrected chi connectivity index (χ4v) is 4.05. The highest BCUT2D eigenvalue weighted by Gasteiger charge is 2.20. The molecule has 0 atom stereocenters. The molecule has 1 N–H and O–H groups in total. The van der Waals surface area contributed by atoms with Crippen molar-refractivity contribution in [3.63, 3.8) is 0 Å². The molecule has 27 heavy (non-hydrogen) atoms. The number of nitrogens with zero attached hydrogens (tertiary/aromatic N) is 6. The minimum atomic E-state index is 0.722. The van der Waals surface area contributed by atoms with Gasteiger partial charge in [-0.2, -0.15) is 15.0 Å². The predicted molar refractivity (Wildman–Crippen MR) is 108 cm³/mol. The molecule has 0 bridgehead atoms. The van der Waals surface area contributed by atoms with Gasteiger partial charge in [0.1, 0.15) is 0 Å². The van der Waals surface area contributed by atoms with Crippen LogP contribution in [-0.4, -0.2) is 85.4 Å². The van der Waals surface area contributed by atoms with E-state index in [2.05, 4.69) is 20.0 Å². The van der Waals surface area contributed by atoms with E-state index in [1.165, 1.54) is 38.5 Å². The van der Waals surface area contributed by atoms with Crippen molar-refractivity contribution in [2.24, 2.45) is 0 Å². The molecule has 0 aliphatic carbocycles. The lowest BCUT2D eigenvalue weighted by atomic mass is 10.1. The van der Waals surface area contributed by atoms with Crippen molar-refractivity contribution in [3.05, 3.63) is 0 Å². The SMILES string of the molecule is C1CCN(c2nc(NCCN3CCOCC3)nc(N3CCCCC3)n2)CC1. The van der Waals surface area contributed by atoms with E-state index in [9.17, 15) is 0 Å². The predicted octanol–water partition coefficient (Wildman–Crippen LogP) is 1.60.